The highest BCUT2D eigenvalue weighted by atomic mass is 16.6. The molecule has 25 heavy (non-hydrogen) atoms. The summed E-state index contributed by atoms with van der Waals surface area (Å²) in [7, 11) is 0. The van der Waals surface area contributed by atoms with Crippen LogP contribution < -0.4 is 15.3 Å². The molecule has 1 unspecified atom stereocenters. The molecule has 1 aromatic carbocycles. The van der Waals surface area contributed by atoms with Crippen molar-refractivity contribution in [3.63, 3.8) is 0 Å². The van der Waals surface area contributed by atoms with E-state index in [1.807, 2.05) is 18.2 Å². The molecule has 0 saturated carbocycles. The maximum absolute atomic E-state index is 11.3. The monoisotopic (exact) mass is 339 g/mol. The van der Waals surface area contributed by atoms with Gasteiger partial charge in [0.1, 0.15) is 11.0 Å². The Morgan fingerprint density at radius 2 is 1.84 bits per heavy atom. The SMILES string of the molecule is O=C(NO)c1cnc(N2CC3[C@H]2CN3c2ccc3nonc3c2)nc1. The summed E-state index contributed by atoms with van der Waals surface area (Å²) in [5.41, 5.74) is 4.37. The smallest absolute Gasteiger partial charge is 0.277 e. The lowest BCUT2D eigenvalue weighted by atomic mass is 9.85. The second kappa shape index (κ2) is 5.11. The maximum atomic E-state index is 11.3. The van der Waals surface area contributed by atoms with Crippen molar-refractivity contribution in [2.75, 3.05) is 22.9 Å². The van der Waals surface area contributed by atoms with E-state index in [2.05, 4.69) is 30.1 Å². The summed E-state index contributed by atoms with van der Waals surface area (Å²) < 4.78 is 4.74. The standard InChI is InChI=1S/C15H13N7O3/c23-14(18-24)8-4-16-15(17-5-8)22-7-12-13(22)6-21(12)9-1-2-10-11(3-9)20-25-19-10/h1-5,12-13,24H,6-7H2,(H,18,23)/t12?,13-/m1/s1. The third-order valence-electron chi connectivity index (χ3n) is 4.84. The van der Waals surface area contributed by atoms with E-state index in [9.17, 15) is 4.79 Å². The van der Waals surface area contributed by atoms with Gasteiger partial charge in [0.25, 0.3) is 5.91 Å². The van der Waals surface area contributed by atoms with Gasteiger partial charge in [-0.2, -0.15) is 0 Å². The molecule has 2 aliphatic rings. The third-order valence-corrected chi connectivity index (χ3v) is 4.84. The Balaban J connectivity index is 1.29. The average Bonchev–Trinajstić information content (AvgIpc) is 3.10. The highest BCUT2D eigenvalue weighted by Crippen LogP contribution is 2.39. The fourth-order valence-electron chi connectivity index (χ4n) is 3.38. The fraction of sp³-hybridized carbons (Fsp3) is 0.267. The first-order chi connectivity index (χ1) is 12.2. The Kier molecular flexibility index (Phi) is 2.88. The van der Waals surface area contributed by atoms with Gasteiger partial charge in [0.05, 0.1) is 17.6 Å². The first-order valence-electron chi connectivity index (χ1n) is 7.76. The zero-order valence-corrected chi connectivity index (χ0v) is 12.9. The number of carbonyl (C=O) groups excluding carboxylic acids is 1. The van der Waals surface area contributed by atoms with Gasteiger partial charge in [-0.25, -0.2) is 20.1 Å². The Morgan fingerprint density at radius 1 is 1.12 bits per heavy atom. The molecule has 0 bridgehead atoms. The molecule has 2 N–H and O–H groups in total. The van der Waals surface area contributed by atoms with Gasteiger partial charge >= 0.3 is 0 Å². The molecule has 0 spiro atoms. The number of hydroxylamine groups is 1. The molecule has 2 aromatic heterocycles. The van der Waals surface area contributed by atoms with E-state index in [1.165, 1.54) is 12.4 Å². The Hall–Kier alpha value is -3.27. The van der Waals surface area contributed by atoms with Gasteiger partial charge < -0.3 is 9.80 Å². The van der Waals surface area contributed by atoms with E-state index in [-0.39, 0.29) is 5.56 Å². The predicted octanol–water partition coefficient (Wildman–Crippen LogP) is 0.209. The van der Waals surface area contributed by atoms with Crippen molar-refractivity contribution in [3.05, 3.63) is 36.2 Å². The van der Waals surface area contributed by atoms with Crippen LogP contribution in [0.4, 0.5) is 11.6 Å². The van der Waals surface area contributed by atoms with Crippen molar-refractivity contribution >= 4 is 28.6 Å². The van der Waals surface area contributed by atoms with E-state index >= 15 is 0 Å². The van der Waals surface area contributed by atoms with Gasteiger partial charge in [0.2, 0.25) is 5.95 Å². The molecule has 2 aliphatic heterocycles. The second-order valence-electron chi connectivity index (χ2n) is 6.09. The first kappa shape index (κ1) is 14.1. The molecular formula is C15H13N7O3. The van der Waals surface area contributed by atoms with Crippen LogP contribution in [0.2, 0.25) is 0 Å². The zero-order valence-electron chi connectivity index (χ0n) is 12.9. The van der Waals surface area contributed by atoms with Crippen molar-refractivity contribution in [1.29, 1.82) is 0 Å². The van der Waals surface area contributed by atoms with Crippen molar-refractivity contribution < 1.29 is 14.6 Å². The highest BCUT2D eigenvalue weighted by Gasteiger charge is 2.52. The molecule has 0 radical (unpaired) electrons. The number of carbonyl (C=O) groups is 1. The number of amides is 1. The number of rotatable bonds is 3. The molecule has 2 saturated heterocycles. The minimum Gasteiger partial charge on any atom is -0.362 e. The molecule has 10 nitrogen and oxygen atoms in total. The number of nitrogens with one attached hydrogen (secondary N) is 1. The summed E-state index contributed by atoms with van der Waals surface area (Å²) >= 11 is 0. The number of benzene rings is 1. The van der Waals surface area contributed by atoms with Crippen molar-refractivity contribution in [3.8, 4) is 0 Å². The van der Waals surface area contributed by atoms with Crippen molar-refractivity contribution in [2.24, 2.45) is 0 Å². The molecule has 4 heterocycles. The molecule has 10 heteroatoms. The predicted molar refractivity (Wildman–Crippen MR) is 85.4 cm³/mol. The van der Waals surface area contributed by atoms with Gasteiger partial charge in [0.15, 0.2) is 0 Å². The van der Waals surface area contributed by atoms with Crippen LogP contribution in [-0.4, -0.2) is 56.6 Å². The summed E-state index contributed by atoms with van der Waals surface area (Å²) in [6.45, 7) is 1.68. The molecule has 0 aliphatic carbocycles. The second-order valence-corrected chi connectivity index (χ2v) is 6.09. The van der Waals surface area contributed by atoms with Gasteiger partial charge in [-0.1, -0.05) is 0 Å². The van der Waals surface area contributed by atoms with Crippen LogP contribution in [0.5, 0.6) is 0 Å². The molecular weight excluding hydrogens is 326 g/mol. The van der Waals surface area contributed by atoms with Crippen LogP contribution in [0.1, 0.15) is 10.4 Å². The van der Waals surface area contributed by atoms with E-state index in [1.54, 1.807) is 5.48 Å². The summed E-state index contributed by atoms with van der Waals surface area (Å²) in [4.78, 5) is 24.1. The van der Waals surface area contributed by atoms with E-state index in [4.69, 9.17) is 9.84 Å². The lowest BCUT2D eigenvalue weighted by molar-refractivity contribution is 0.0705. The average molecular weight is 339 g/mol. The molecule has 3 aromatic rings. The molecule has 5 rings (SSSR count). The van der Waals surface area contributed by atoms with Crippen LogP contribution in [0.3, 0.4) is 0 Å². The van der Waals surface area contributed by atoms with Gasteiger partial charge in [-0.05, 0) is 28.5 Å². The van der Waals surface area contributed by atoms with E-state index < -0.39 is 5.91 Å². The summed E-state index contributed by atoms with van der Waals surface area (Å²) in [6.07, 6.45) is 2.81. The number of piperazine rings is 1. The molecule has 2 fully saturated rings. The number of aromatic nitrogens is 4. The lowest BCUT2D eigenvalue weighted by Gasteiger charge is -2.62. The van der Waals surface area contributed by atoms with Gasteiger partial charge in [-0.3, -0.25) is 10.0 Å². The Labute approximate surface area is 141 Å². The minimum atomic E-state index is -0.624. The summed E-state index contributed by atoms with van der Waals surface area (Å²) in [6, 6.07) is 6.65. The van der Waals surface area contributed by atoms with E-state index in [0.29, 0.717) is 18.0 Å². The van der Waals surface area contributed by atoms with Crippen molar-refractivity contribution in [1.82, 2.24) is 25.8 Å². The van der Waals surface area contributed by atoms with Crippen LogP contribution in [0, 0.1) is 0 Å². The highest BCUT2D eigenvalue weighted by molar-refractivity contribution is 5.92. The third kappa shape index (κ3) is 2.04. The largest absolute Gasteiger partial charge is 0.362 e. The fourth-order valence-corrected chi connectivity index (χ4v) is 3.38. The van der Waals surface area contributed by atoms with Gasteiger partial charge in [0, 0.05) is 31.2 Å². The van der Waals surface area contributed by atoms with Crippen LogP contribution in [-0.2, 0) is 0 Å². The van der Waals surface area contributed by atoms with Crippen molar-refractivity contribution in [2.45, 2.75) is 12.1 Å². The number of fused-ring (bicyclic) bond motifs is 2. The number of hydrogen-bond acceptors (Lipinski definition) is 9. The van der Waals surface area contributed by atoms with E-state index in [0.717, 1.165) is 29.8 Å². The van der Waals surface area contributed by atoms with Crippen LogP contribution >= 0.6 is 0 Å². The number of anilines is 2. The minimum absolute atomic E-state index is 0.216. The van der Waals surface area contributed by atoms with Gasteiger partial charge in [-0.15, -0.1) is 0 Å². The lowest BCUT2D eigenvalue weighted by Crippen LogP contribution is -2.79. The normalized spacial score (nSPS) is 21.5. The Morgan fingerprint density at radius 3 is 2.56 bits per heavy atom. The molecule has 2 atom stereocenters. The summed E-state index contributed by atoms with van der Waals surface area (Å²) in [5, 5.41) is 16.3. The van der Waals surface area contributed by atoms with Crippen LogP contribution in [0.25, 0.3) is 11.0 Å². The molecule has 1 amide bonds. The molecule has 126 valence electrons. The Bertz CT molecular complexity index is 957. The maximum Gasteiger partial charge on any atom is 0.277 e. The quantitative estimate of drug-likeness (QED) is 0.509. The topological polar surface area (TPSA) is 121 Å². The zero-order chi connectivity index (χ0) is 17.0. The summed E-state index contributed by atoms with van der Waals surface area (Å²) in [5.74, 6) is -0.0351. The number of hydrogen-bond donors (Lipinski definition) is 2. The number of nitrogens with zero attached hydrogens (tertiary/aromatic N) is 6. The first-order valence-corrected chi connectivity index (χ1v) is 7.76. The van der Waals surface area contributed by atoms with Crippen LogP contribution in [0.15, 0.2) is 35.2 Å².